The van der Waals surface area contributed by atoms with Gasteiger partial charge >= 0.3 is 0 Å². The molecule has 1 aromatic heterocycles. The van der Waals surface area contributed by atoms with E-state index < -0.39 is 0 Å². The Bertz CT molecular complexity index is 468. The van der Waals surface area contributed by atoms with Crippen LogP contribution in [-0.2, 0) is 6.54 Å². The van der Waals surface area contributed by atoms with E-state index in [1.54, 1.807) is 7.11 Å². The Hall–Kier alpha value is -1.61. The molecule has 0 saturated carbocycles. The molecule has 0 radical (unpaired) electrons. The molecule has 1 heterocycles. The van der Waals surface area contributed by atoms with Gasteiger partial charge in [0.1, 0.15) is 0 Å². The van der Waals surface area contributed by atoms with Crippen LogP contribution in [0.4, 0.5) is 0 Å². The Labute approximate surface area is 89.1 Å². The highest BCUT2D eigenvalue weighted by Gasteiger charge is 2.04. The van der Waals surface area contributed by atoms with Gasteiger partial charge in [0.05, 0.1) is 12.8 Å². The van der Waals surface area contributed by atoms with Crippen LogP contribution in [-0.4, -0.2) is 19.1 Å². The van der Waals surface area contributed by atoms with Gasteiger partial charge < -0.3 is 10.1 Å². The highest BCUT2D eigenvalue weighted by atomic mass is 16.5. The van der Waals surface area contributed by atoms with Crippen LogP contribution in [0.3, 0.4) is 0 Å². The van der Waals surface area contributed by atoms with Crippen LogP contribution in [0.5, 0.6) is 5.88 Å². The third-order valence-electron chi connectivity index (χ3n) is 2.31. The lowest BCUT2D eigenvalue weighted by molar-refractivity contribution is 0.401. The normalized spacial score (nSPS) is 10.5. The van der Waals surface area contributed by atoms with Crippen molar-refractivity contribution in [2.75, 3.05) is 14.2 Å². The summed E-state index contributed by atoms with van der Waals surface area (Å²) in [5.41, 5.74) is 0.994. The van der Waals surface area contributed by atoms with E-state index in [0.29, 0.717) is 5.88 Å². The minimum atomic E-state index is 0.693. The van der Waals surface area contributed by atoms with Gasteiger partial charge in [-0.2, -0.15) is 0 Å². The minimum Gasteiger partial charge on any atom is -0.481 e. The number of rotatable bonds is 3. The molecule has 0 unspecified atom stereocenters. The van der Waals surface area contributed by atoms with Crippen molar-refractivity contribution in [1.82, 2.24) is 10.3 Å². The first-order valence-electron chi connectivity index (χ1n) is 4.92. The summed E-state index contributed by atoms with van der Waals surface area (Å²) in [4.78, 5) is 4.42. The molecule has 0 aliphatic carbocycles. The Morgan fingerprint density at radius 3 is 2.87 bits per heavy atom. The molecular weight excluding hydrogens is 188 g/mol. The summed E-state index contributed by atoms with van der Waals surface area (Å²) in [6.07, 6.45) is 0. The summed E-state index contributed by atoms with van der Waals surface area (Å²) in [5, 5.41) is 5.30. The Morgan fingerprint density at radius 2 is 2.13 bits per heavy atom. The first kappa shape index (κ1) is 9.93. The molecule has 1 N–H and O–H groups in total. The predicted octanol–water partition coefficient (Wildman–Crippen LogP) is 1.96. The maximum Gasteiger partial charge on any atom is 0.221 e. The Morgan fingerprint density at radius 1 is 1.33 bits per heavy atom. The van der Waals surface area contributed by atoms with Gasteiger partial charge in [0.15, 0.2) is 0 Å². The van der Waals surface area contributed by atoms with Gasteiger partial charge in [-0.05, 0) is 24.6 Å². The molecule has 0 bridgehead atoms. The van der Waals surface area contributed by atoms with E-state index in [0.717, 1.165) is 23.0 Å². The number of ether oxygens (including phenoxy) is 1. The maximum absolute atomic E-state index is 5.28. The van der Waals surface area contributed by atoms with Crippen molar-refractivity contribution in [2.45, 2.75) is 6.54 Å². The van der Waals surface area contributed by atoms with Gasteiger partial charge in [0.25, 0.3) is 0 Å². The Kier molecular flexibility index (Phi) is 2.83. The lowest BCUT2D eigenvalue weighted by Gasteiger charge is -2.07. The number of methoxy groups -OCH3 is 1. The second-order valence-corrected chi connectivity index (χ2v) is 3.37. The van der Waals surface area contributed by atoms with Gasteiger partial charge in [-0.25, -0.2) is 4.98 Å². The number of fused-ring (bicyclic) bond motifs is 1. The second kappa shape index (κ2) is 4.28. The molecule has 0 amide bonds. The summed E-state index contributed by atoms with van der Waals surface area (Å²) in [5.74, 6) is 0.693. The van der Waals surface area contributed by atoms with Crippen molar-refractivity contribution in [3.63, 3.8) is 0 Å². The topological polar surface area (TPSA) is 34.1 Å². The molecule has 0 spiro atoms. The van der Waals surface area contributed by atoms with E-state index in [-0.39, 0.29) is 0 Å². The summed E-state index contributed by atoms with van der Waals surface area (Å²) in [7, 11) is 3.56. The molecule has 3 nitrogen and oxygen atoms in total. The first-order valence-corrected chi connectivity index (χ1v) is 4.92. The molecular formula is C12H14N2O. The molecule has 0 aliphatic rings. The maximum atomic E-state index is 5.28. The van der Waals surface area contributed by atoms with E-state index >= 15 is 0 Å². The van der Waals surface area contributed by atoms with Gasteiger partial charge in [0, 0.05) is 11.9 Å². The van der Waals surface area contributed by atoms with Crippen LogP contribution in [0.25, 0.3) is 10.8 Å². The van der Waals surface area contributed by atoms with Crippen molar-refractivity contribution >= 4 is 10.8 Å². The van der Waals surface area contributed by atoms with Crippen LogP contribution >= 0.6 is 0 Å². The third kappa shape index (κ3) is 1.92. The highest BCUT2D eigenvalue weighted by Crippen LogP contribution is 2.23. The fourth-order valence-corrected chi connectivity index (χ4v) is 1.65. The molecule has 0 fully saturated rings. The van der Waals surface area contributed by atoms with Crippen molar-refractivity contribution in [2.24, 2.45) is 0 Å². The van der Waals surface area contributed by atoms with Crippen molar-refractivity contribution in [3.05, 3.63) is 36.0 Å². The fourth-order valence-electron chi connectivity index (χ4n) is 1.65. The fraction of sp³-hybridized carbons (Fsp3) is 0.250. The summed E-state index contributed by atoms with van der Waals surface area (Å²) < 4.78 is 5.28. The van der Waals surface area contributed by atoms with Gasteiger partial charge in [-0.1, -0.05) is 18.2 Å². The number of hydrogen-bond donors (Lipinski definition) is 1. The third-order valence-corrected chi connectivity index (χ3v) is 2.31. The van der Waals surface area contributed by atoms with Gasteiger partial charge in [-0.3, -0.25) is 0 Å². The van der Waals surface area contributed by atoms with Crippen molar-refractivity contribution < 1.29 is 4.74 Å². The molecule has 1 aromatic carbocycles. The quantitative estimate of drug-likeness (QED) is 0.826. The van der Waals surface area contributed by atoms with E-state index in [1.807, 2.05) is 25.2 Å². The average Bonchev–Trinajstić information content (AvgIpc) is 2.28. The van der Waals surface area contributed by atoms with Crippen LogP contribution in [0, 0.1) is 0 Å². The summed E-state index contributed by atoms with van der Waals surface area (Å²) >= 11 is 0. The summed E-state index contributed by atoms with van der Waals surface area (Å²) in [6.45, 7) is 0.751. The van der Waals surface area contributed by atoms with E-state index in [1.165, 1.54) is 0 Å². The number of nitrogens with zero attached hydrogens (tertiary/aromatic N) is 1. The van der Waals surface area contributed by atoms with Crippen molar-refractivity contribution in [3.8, 4) is 5.88 Å². The molecule has 3 heteroatoms. The average molecular weight is 202 g/mol. The van der Waals surface area contributed by atoms with Crippen LogP contribution < -0.4 is 10.1 Å². The second-order valence-electron chi connectivity index (χ2n) is 3.37. The summed E-state index contributed by atoms with van der Waals surface area (Å²) in [6, 6.07) is 10.2. The van der Waals surface area contributed by atoms with E-state index in [2.05, 4.69) is 22.4 Å². The standard InChI is InChI=1S/C12H14N2O/c1-13-8-10-7-9-5-3-4-6-11(9)12(14-10)15-2/h3-7,13H,8H2,1-2H3. The van der Waals surface area contributed by atoms with Crippen LogP contribution in [0.1, 0.15) is 5.69 Å². The monoisotopic (exact) mass is 202 g/mol. The zero-order valence-corrected chi connectivity index (χ0v) is 8.95. The molecule has 2 rings (SSSR count). The lowest BCUT2D eigenvalue weighted by Crippen LogP contribution is -2.07. The minimum absolute atomic E-state index is 0.693. The highest BCUT2D eigenvalue weighted by molar-refractivity contribution is 5.87. The largest absolute Gasteiger partial charge is 0.481 e. The smallest absolute Gasteiger partial charge is 0.221 e. The zero-order valence-electron chi connectivity index (χ0n) is 8.95. The number of benzene rings is 1. The van der Waals surface area contributed by atoms with Crippen LogP contribution in [0.15, 0.2) is 30.3 Å². The van der Waals surface area contributed by atoms with Gasteiger partial charge in [-0.15, -0.1) is 0 Å². The molecule has 78 valence electrons. The Balaban J connectivity index is 2.60. The number of hydrogen-bond acceptors (Lipinski definition) is 3. The zero-order chi connectivity index (χ0) is 10.7. The number of nitrogens with one attached hydrogen (secondary N) is 1. The van der Waals surface area contributed by atoms with Gasteiger partial charge in [0.2, 0.25) is 5.88 Å². The molecule has 15 heavy (non-hydrogen) atoms. The lowest BCUT2D eigenvalue weighted by atomic mass is 10.1. The predicted molar refractivity (Wildman–Crippen MR) is 61.1 cm³/mol. The van der Waals surface area contributed by atoms with Crippen molar-refractivity contribution in [1.29, 1.82) is 0 Å². The molecule has 0 aliphatic heterocycles. The molecule has 0 saturated heterocycles. The number of pyridine rings is 1. The molecule has 2 aromatic rings. The molecule has 0 atom stereocenters. The SMILES string of the molecule is CNCc1cc2ccccc2c(OC)n1. The van der Waals surface area contributed by atoms with E-state index in [9.17, 15) is 0 Å². The van der Waals surface area contributed by atoms with E-state index in [4.69, 9.17) is 4.74 Å². The van der Waals surface area contributed by atoms with Crippen LogP contribution in [0.2, 0.25) is 0 Å². The first-order chi connectivity index (χ1) is 7.35. The number of aromatic nitrogens is 1.